The molecule has 0 aliphatic heterocycles. The SMILES string of the molecule is CC(C)(CCCO)CNc1cccc(F)c1[N+](=O)[O-]. The molecule has 106 valence electrons. The van der Waals surface area contributed by atoms with Crippen molar-refractivity contribution in [1.82, 2.24) is 0 Å². The van der Waals surface area contributed by atoms with Crippen LogP contribution < -0.4 is 5.32 Å². The monoisotopic (exact) mass is 270 g/mol. The second-order valence-corrected chi connectivity index (χ2v) is 5.24. The maximum absolute atomic E-state index is 13.4. The van der Waals surface area contributed by atoms with E-state index >= 15 is 0 Å². The Balaban J connectivity index is 2.78. The third-order valence-electron chi connectivity index (χ3n) is 2.94. The maximum Gasteiger partial charge on any atom is 0.327 e. The van der Waals surface area contributed by atoms with Gasteiger partial charge in [0.25, 0.3) is 0 Å². The van der Waals surface area contributed by atoms with Crippen LogP contribution in [0, 0.1) is 21.3 Å². The van der Waals surface area contributed by atoms with Gasteiger partial charge in [0.15, 0.2) is 0 Å². The summed E-state index contributed by atoms with van der Waals surface area (Å²) in [6, 6.07) is 3.99. The number of para-hydroxylation sites is 1. The van der Waals surface area contributed by atoms with Crippen molar-refractivity contribution in [2.75, 3.05) is 18.5 Å². The van der Waals surface area contributed by atoms with Gasteiger partial charge in [-0.1, -0.05) is 19.9 Å². The zero-order valence-corrected chi connectivity index (χ0v) is 11.1. The van der Waals surface area contributed by atoms with Crippen molar-refractivity contribution in [2.45, 2.75) is 26.7 Å². The fourth-order valence-electron chi connectivity index (χ4n) is 1.82. The molecule has 0 amide bonds. The lowest BCUT2D eigenvalue weighted by atomic mass is 9.88. The van der Waals surface area contributed by atoms with Gasteiger partial charge in [0.2, 0.25) is 5.82 Å². The molecule has 0 spiro atoms. The van der Waals surface area contributed by atoms with E-state index in [-0.39, 0.29) is 17.7 Å². The van der Waals surface area contributed by atoms with Gasteiger partial charge in [-0.2, -0.15) is 4.39 Å². The minimum Gasteiger partial charge on any atom is -0.396 e. The minimum atomic E-state index is -0.844. The Morgan fingerprint density at radius 2 is 2.16 bits per heavy atom. The van der Waals surface area contributed by atoms with E-state index in [0.29, 0.717) is 13.0 Å². The molecule has 0 heterocycles. The molecule has 1 aromatic rings. The summed E-state index contributed by atoms with van der Waals surface area (Å²) in [4.78, 5) is 10.1. The van der Waals surface area contributed by atoms with E-state index in [2.05, 4.69) is 5.32 Å². The topological polar surface area (TPSA) is 75.4 Å². The van der Waals surface area contributed by atoms with Gasteiger partial charge >= 0.3 is 5.69 Å². The lowest BCUT2D eigenvalue weighted by Crippen LogP contribution is -2.23. The molecule has 0 bridgehead atoms. The molecule has 0 unspecified atom stereocenters. The first kappa shape index (κ1) is 15.4. The Morgan fingerprint density at radius 3 is 2.74 bits per heavy atom. The van der Waals surface area contributed by atoms with Crippen LogP contribution in [0.5, 0.6) is 0 Å². The number of anilines is 1. The third-order valence-corrected chi connectivity index (χ3v) is 2.94. The summed E-state index contributed by atoms with van der Waals surface area (Å²) in [7, 11) is 0. The predicted octanol–water partition coefficient (Wildman–Crippen LogP) is 2.94. The minimum absolute atomic E-state index is 0.115. The van der Waals surface area contributed by atoms with E-state index in [1.807, 2.05) is 13.8 Å². The van der Waals surface area contributed by atoms with Crippen LogP contribution in [0.1, 0.15) is 26.7 Å². The standard InChI is InChI=1S/C13H19FN2O3/c1-13(2,7-4-8-17)9-15-11-6-3-5-10(14)12(11)16(18)19/h3,5-6,15,17H,4,7-9H2,1-2H3. The molecule has 5 nitrogen and oxygen atoms in total. The second kappa shape index (κ2) is 6.47. The number of aliphatic hydroxyl groups excluding tert-OH is 1. The molecule has 0 aliphatic rings. The maximum atomic E-state index is 13.4. The highest BCUT2D eigenvalue weighted by molar-refractivity contribution is 5.62. The molecule has 0 atom stereocenters. The van der Waals surface area contributed by atoms with E-state index < -0.39 is 16.4 Å². The summed E-state index contributed by atoms with van der Waals surface area (Å²) in [5.74, 6) is -0.844. The molecular formula is C13H19FN2O3. The fraction of sp³-hybridized carbons (Fsp3) is 0.538. The fourth-order valence-corrected chi connectivity index (χ4v) is 1.82. The second-order valence-electron chi connectivity index (χ2n) is 5.24. The predicted molar refractivity (Wildman–Crippen MR) is 71.6 cm³/mol. The van der Waals surface area contributed by atoms with Crippen LogP contribution in [0.3, 0.4) is 0 Å². The lowest BCUT2D eigenvalue weighted by molar-refractivity contribution is -0.386. The Hall–Kier alpha value is -1.69. The van der Waals surface area contributed by atoms with Crippen molar-refractivity contribution >= 4 is 11.4 Å². The zero-order valence-electron chi connectivity index (χ0n) is 11.1. The van der Waals surface area contributed by atoms with Gasteiger partial charge in [0.05, 0.1) is 4.92 Å². The summed E-state index contributed by atoms with van der Waals surface area (Å²) in [6.07, 6.45) is 1.44. The van der Waals surface area contributed by atoms with Gasteiger partial charge < -0.3 is 10.4 Å². The lowest BCUT2D eigenvalue weighted by Gasteiger charge is -2.25. The summed E-state index contributed by atoms with van der Waals surface area (Å²) in [5, 5.41) is 22.6. The average Bonchev–Trinajstić information content (AvgIpc) is 2.33. The van der Waals surface area contributed by atoms with Crippen molar-refractivity contribution in [3.63, 3.8) is 0 Å². The van der Waals surface area contributed by atoms with Gasteiger partial charge in [0, 0.05) is 13.2 Å². The Kier molecular flexibility index (Phi) is 5.23. The van der Waals surface area contributed by atoms with Crippen LogP contribution in [0.15, 0.2) is 18.2 Å². The molecule has 0 radical (unpaired) electrons. The summed E-state index contributed by atoms with van der Waals surface area (Å²) >= 11 is 0. The first-order chi connectivity index (χ1) is 8.87. The zero-order chi connectivity index (χ0) is 14.5. The Morgan fingerprint density at radius 1 is 1.47 bits per heavy atom. The van der Waals surface area contributed by atoms with Gasteiger partial charge in [-0.3, -0.25) is 10.1 Å². The number of rotatable bonds is 7. The molecule has 6 heteroatoms. The molecule has 2 N–H and O–H groups in total. The molecule has 1 rings (SSSR count). The Bertz CT molecular complexity index is 450. The smallest absolute Gasteiger partial charge is 0.327 e. The number of hydrogen-bond donors (Lipinski definition) is 2. The van der Waals surface area contributed by atoms with Crippen LogP contribution >= 0.6 is 0 Å². The molecule has 0 fully saturated rings. The van der Waals surface area contributed by atoms with Crippen LogP contribution in [-0.4, -0.2) is 23.2 Å². The van der Waals surface area contributed by atoms with Gasteiger partial charge in [-0.25, -0.2) is 0 Å². The number of nitro benzene ring substituents is 1. The van der Waals surface area contributed by atoms with Crippen LogP contribution in [0.2, 0.25) is 0 Å². The number of nitrogens with one attached hydrogen (secondary N) is 1. The summed E-state index contributed by atoms with van der Waals surface area (Å²) in [5.41, 5.74) is -0.481. The number of hydrogen-bond acceptors (Lipinski definition) is 4. The highest BCUT2D eigenvalue weighted by atomic mass is 19.1. The van der Waals surface area contributed by atoms with Crippen LogP contribution in [0.4, 0.5) is 15.8 Å². The third kappa shape index (κ3) is 4.48. The Labute approximate surface area is 111 Å². The van der Waals surface area contributed by atoms with Crippen molar-refractivity contribution in [2.24, 2.45) is 5.41 Å². The number of aliphatic hydroxyl groups is 1. The molecule has 19 heavy (non-hydrogen) atoms. The largest absolute Gasteiger partial charge is 0.396 e. The molecule has 0 saturated heterocycles. The number of benzene rings is 1. The molecule has 0 aromatic heterocycles. The van der Waals surface area contributed by atoms with E-state index in [1.54, 1.807) is 0 Å². The number of nitrogens with zero attached hydrogens (tertiary/aromatic N) is 1. The highest BCUT2D eigenvalue weighted by Gasteiger charge is 2.22. The van der Waals surface area contributed by atoms with Crippen molar-refractivity contribution < 1.29 is 14.4 Å². The van der Waals surface area contributed by atoms with E-state index in [4.69, 9.17) is 5.11 Å². The molecule has 1 aromatic carbocycles. The van der Waals surface area contributed by atoms with Crippen molar-refractivity contribution in [3.8, 4) is 0 Å². The number of nitro groups is 1. The number of halogens is 1. The van der Waals surface area contributed by atoms with Crippen molar-refractivity contribution in [1.29, 1.82) is 0 Å². The molecule has 0 aliphatic carbocycles. The van der Waals surface area contributed by atoms with Gasteiger partial charge in [-0.15, -0.1) is 0 Å². The molecule has 0 saturated carbocycles. The summed E-state index contributed by atoms with van der Waals surface area (Å²) in [6.45, 7) is 4.56. The summed E-state index contributed by atoms with van der Waals surface area (Å²) < 4.78 is 13.4. The van der Waals surface area contributed by atoms with Crippen LogP contribution in [0.25, 0.3) is 0 Å². The quantitative estimate of drug-likeness (QED) is 0.590. The first-order valence-corrected chi connectivity index (χ1v) is 6.15. The van der Waals surface area contributed by atoms with Crippen LogP contribution in [-0.2, 0) is 0 Å². The molecular weight excluding hydrogens is 251 g/mol. The van der Waals surface area contributed by atoms with Gasteiger partial charge in [-0.05, 0) is 30.4 Å². The first-order valence-electron chi connectivity index (χ1n) is 6.15. The normalized spacial score (nSPS) is 11.4. The highest BCUT2D eigenvalue weighted by Crippen LogP contribution is 2.29. The van der Waals surface area contributed by atoms with E-state index in [0.717, 1.165) is 12.5 Å². The van der Waals surface area contributed by atoms with E-state index in [1.165, 1.54) is 12.1 Å². The average molecular weight is 270 g/mol. The van der Waals surface area contributed by atoms with Gasteiger partial charge in [0.1, 0.15) is 5.69 Å². The van der Waals surface area contributed by atoms with Crippen molar-refractivity contribution in [3.05, 3.63) is 34.1 Å². The van der Waals surface area contributed by atoms with E-state index in [9.17, 15) is 14.5 Å².